The summed E-state index contributed by atoms with van der Waals surface area (Å²) >= 11 is 5.87. The number of carbonyl (C=O) groups is 1. The molecule has 0 fully saturated rings. The minimum atomic E-state index is -0.617. The number of hydrogen-bond donors (Lipinski definition) is 2. The van der Waals surface area contributed by atoms with Crippen LogP contribution in [0.25, 0.3) is 22.4 Å². The maximum atomic E-state index is 13.6. The van der Waals surface area contributed by atoms with E-state index < -0.39 is 22.8 Å². The van der Waals surface area contributed by atoms with Gasteiger partial charge in [-0.25, -0.2) is 14.4 Å². The number of nitrogens with one attached hydrogen (secondary N) is 1. The predicted molar refractivity (Wildman–Crippen MR) is 104 cm³/mol. The second-order valence-corrected chi connectivity index (χ2v) is 7.73. The first-order valence-electron chi connectivity index (χ1n) is 8.41. The van der Waals surface area contributed by atoms with Gasteiger partial charge in [-0.1, -0.05) is 11.6 Å². The number of hydrogen-bond acceptors (Lipinski definition) is 5. The fourth-order valence-corrected chi connectivity index (χ4v) is 2.88. The standard InChI is InChI=1S/C19H18ClFN4O3/c1-19(2,3)24-15(27)9-25-17(10-4-5-14(21)13(20)6-10)23-16-12(18(25)28)7-11(26)8-22-16/h4-8,26H,9H2,1-3H3,(H,24,27). The zero-order valence-electron chi connectivity index (χ0n) is 15.5. The van der Waals surface area contributed by atoms with Crippen molar-refractivity contribution >= 4 is 28.5 Å². The third kappa shape index (κ3) is 4.12. The third-order valence-corrected chi connectivity index (χ3v) is 4.08. The first-order valence-corrected chi connectivity index (χ1v) is 8.79. The van der Waals surface area contributed by atoms with E-state index in [0.717, 1.165) is 16.8 Å². The van der Waals surface area contributed by atoms with Gasteiger partial charge in [0, 0.05) is 11.1 Å². The van der Waals surface area contributed by atoms with E-state index in [0.29, 0.717) is 5.56 Å². The number of nitrogens with zero attached hydrogens (tertiary/aromatic N) is 3. The summed E-state index contributed by atoms with van der Waals surface area (Å²) in [6.45, 7) is 5.12. The number of carbonyl (C=O) groups excluding carboxylic acids is 1. The van der Waals surface area contributed by atoms with Crippen LogP contribution in [0, 0.1) is 5.82 Å². The van der Waals surface area contributed by atoms with Crippen LogP contribution in [0.5, 0.6) is 5.75 Å². The summed E-state index contributed by atoms with van der Waals surface area (Å²) in [6.07, 6.45) is 1.16. The molecule has 3 rings (SSSR count). The summed E-state index contributed by atoms with van der Waals surface area (Å²) in [6, 6.07) is 5.12. The molecule has 1 aromatic carbocycles. The Morgan fingerprint density at radius 2 is 2.04 bits per heavy atom. The minimum absolute atomic E-state index is 0.0560. The lowest BCUT2D eigenvalue weighted by Gasteiger charge is -2.21. The van der Waals surface area contributed by atoms with E-state index in [1.807, 2.05) is 20.8 Å². The minimum Gasteiger partial charge on any atom is -0.506 e. The van der Waals surface area contributed by atoms with Crippen LogP contribution in [0.2, 0.25) is 5.02 Å². The zero-order chi connectivity index (χ0) is 20.6. The van der Waals surface area contributed by atoms with Crippen molar-refractivity contribution in [2.75, 3.05) is 0 Å². The Morgan fingerprint density at radius 3 is 2.68 bits per heavy atom. The number of rotatable bonds is 3. The second kappa shape index (κ2) is 7.20. The molecule has 0 unspecified atom stereocenters. The lowest BCUT2D eigenvalue weighted by atomic mass is 10.1. The number of pyridine rings is 1. The summed E-state index contributed by atoms with van der Waals surface area (Å²) < 4.78 is 14.7. The van der Waals surface area contributed by atoms with Gasteiger partial charge in [-0.3, -0.25) is 14.2 Å². The molecule has 0 saturated carbocycles. The van der Waals surface area contributed by atoms with Crippen LogP contribution in [-0.4, -0.2) is 31.1 Å². The smallest absolute Gasteiger partial charge is 0.263 e. The van der Waals surface area contributed by atoms with E-state index in [9.17, 15) is 19.1 Å². The number of fused-ring (bicyclic) bond motifs is 1. The van der Waals surface area contributed by atoms with Gasteiger partial charge in [0.05, 0.1) is 16.6 Å². The Bertz CT molecular complexity index is 1140. The molecule has 2 heterocycles. The Kier molecular flexibility index (Phi) is 5.08. The number of amides is 1. The molecule has 0 saturated heterocycles. The van der Waals surface area contributed by atoms with Crippen LogP contribution in [0.3, 0.4) is 0 Å². The highest BCUT2D eigenvalue weighted by molar-refractivity contribution is 6.31. The molecule has 28 heavy (non-hydrogen) atoms. The Hall–Kier alpha value is -3.00. The monoisotopic (exact) mass is 404 g/mol. The molecule has 1 amide bonds. The molecule has 0 aliphatic carbocycles. The number of aromatic hydroxyl groups is 1. The Morgan fingerprint density at radius 1 is 1.32 bits per heavy atom. The fourth-order valence-electron chi connectivity index (χ4n) is 2.70. The van der Waals surface area contributed by atoms with Crippen molar-refractivity contribution in [1.82, 2.24) is 19.9 Å². The molecule has 146 valence electrons. The first kappa shape index (κ1) is 19.8. The van der Waals surface area contributed by atoms with Gasteiger partial charge in [-0.05, 0) is 45.0 Å². The maximum Gasteiger partial charge on any atom is 0.263 e. The van der Waals surface area contributed by atoms with Gasteiger partial charge in [0.1, 0.15) is 23.9 Å². The summed E-state index contributed by atoms with van der Waals surface area (Å²) in [5.41, 5.74) is -0.619. The number of halogens is 2. The SMILES string of the molecule is CC(C)(C)NC(=O)Cn1c(-c2ccc(F)c(Cl)c2)nc2ncc(O)cc2c1=O. The van der Waals surface area contributed by atoms with Gasteiger partial charge < -0.3 is 10.4 Å². The molecule has 2 N–H and O–H groups in total. The van der Waals surface area contributed by atoms with Crippen LogP contribution >= 0.6 is 11.6 Å². The first-order chi connectivity index (χ1) is 13.0. The molecule has 0 atom stereocenters. The molecule has 0 aliphatic heterocycles. The second-order valence-electron chi connectivity index (χ2n) is 7.32. The highest BCUT2D eigenvalue weighted by Crippen LogP contribution is 2.24. The fraction of sp³-hybridized carbons (Fsp3) is 0.263. The Balaban J connectivity index is 2.22. The zero-order valence-corrected chi connectivity index (χ0v) is 16.2. The summed E-state index contributed by atoms with van der Waals surface area (Å²) in [5, 5.41) is 12.3. The maximum absolute atomic E-state index is 13.6. The summed E-state index contributed by atoms with van der Waals surface area (Å²) in [7, 11) is 0. The molecule has 7 nitrogen and oxygen atoms in total. The largest absolute Gasteiger partial charge is 0.506 e. The normalized spacial score (nSPS) is 11.6. The predicted octanol–water partition coefficient (Wildman–Crippen LogP) is 2.87. The van der Waals surface area contributed by atoms with Gasteiger partial charge in [0.25, 0.3) is 5.56 Å². The van der Waals surface area contributed by atoms with Gasteiger partial charge in [0.2, 0.25) is 5.91 Å². The van der Waals surface area contributed by atoms with Gasteiger partial charge in [0.15, 0.2) is 5.65 Å². The lowest BCUT2D eigenvalue weighted by Crippen LogP contribution is -2.43. The summed E-state index contributed by atoms with van der Waals surface area (Å²) in [5.74, 6) is -1.11. The van der Waals surface area contributed by atoms with Crippen molar-refractivity contribution in [2.24, 2.45) is 0 Å². The van der Waals surface area contributed by atoms with Crippen LogP contribution in [-0.2, 0) is 11.3 Å². The van der Waals surface area contributed by atoms with Crippen molar-refractivity contribution in [3.8, 4) is 17.1 Å². The highest BCUT2D eigenvalue weighted by Gasteiger charge is 2.20. The van der Waals surface area contributed by atoms with Gasteiger partial charge >= 0.3 is 0 Å². The quantitative estimate of drug-likeness (QED) is 0.699. The van der Waals surface area contributed by atoms with E-state index in [-0.39, 0.29) is 34.2 Å². The average molecular weight is 405 g/mol. The van der Waals surface area contributed by atoms with E-state index in [4.69, 9.17) is 11.6 Å². The van der Waals surface area contributed by atoms with E-state index in [1.165, 1.54) is 18.2 Å². The van der Waals surface area contributed by atoms with Crippen LogP contribution in [0.15, 0.2) is 35.3 Å². The van der Waals surface area contributed by atoms with Crippen molar-refractivity contribution in [3.05, 3.63) is 51.7 Å². The molecule has 0 radical (unpaired) electrons. The Labute approximate surface area is 164 Å². The lowest BCUT2D eigenvalue weighted by molar-refractivity contribution is -0.123. The molecule has 2 aromatic heterocycles. The highest BCUT2D eigenvalue weighted by atomic mass is 35.5. The van der Waals surface area contributed by atoms with Crippen molar-refractivity contribution < 1.29 is 14.3 Å². The molecule has 0 aliphatic rings. The van der Waals surface area contributed by atoms with Crippen LogP contribution in [0.1, 0.15) is 20.8 Å². The van der Waals surface area contributed by atoms with Crippen LogP contribution < -0.4 is 10.9 Å². The molecular weight excluding hydrogens is 387 g/mol. The van der Waals surface area contributed by atoms with Crippen molar-refractivity contribution in [2.45, 2.75) is 32.9 Å². The molecule has 0 spiro atoms. The van der Waals surface area contributed by atoms with E-state index in [1.54, 1.807) is 0 Å². The third-order valence-electron chi connectivity index (χ3n) is 3.79. The molecule has 0 bridgehead atoms. The van der Waals surface area contributed by atoms with Crippen LogP contribution in [0.4, 0.5) is 4.39 Å². The summed E-state index contributed by atoms with van der Waals surface area (Å²) in [4.78, 5) is 33.8. The number of aromatic nitrogens is 3. The topological polar surface area (TPSA) is 97.1 Å². The van der Waals surface area contributed by atoms with Crippen molar-refractivity contribution in [3.63, 3.8) is 0 Å². The van der Waals surface area contributed by atoms with E-state index in [2.05, 4.69) is 15.3 Å². The molecular formula is C19H18ClFN4O3. The number of benzene rings is 1. The molecule has 9 heteroatoms. The van der Waals surface area contributed by atoms with E-state index >= 15 is 0 Å². The van der Waals surface area contributed by atoms with Crippen molar-refractivity contribution in [1.29, 1.82) is 0 Å². The van der Waals surface area contributed by atoms with Gasteiger partial charge in [-0.15, -0.1) is 0 Å². The van der Waals surface area contributed by atoms with Gasteiger partial charge in [-0.2, -0.15) is 0 Å². The average Bonchev–Trinajstić information content (AvgIpc) is 2.58. The molecule has 3 aromatic rings.